The van der Waals surface area contributed by atoms with Crippen LogP contribution < -0.4 is 5.06 Å². The number of rotatable bonds is 2. The van der Waals surface area contributed by atoms with Gasteiger partial charge >= 0.3 is 0 Å². The number of benzene rings is 1. The highest BCUT2D eigenvalue weighted by Crippen LogP contribution is 2.36. The Morgan fingerprint density at radius 2 is 2.21 bits per heavy atom. The van der Waals surface area contributed by atoms with Gasteiger partial charge in [-0.05, 0) is 24.1 Å². The Labute approximate surface area is 113 Å². The van der Waals surface area contributed by atoms with Crippen molar-refractivity contribution in [3.8, 4) is 0 Å². The first kappa shape index (κ1) is 12.2. The SMILES string of the molecule is CCC(C)C1C=Cc2ccc3ncccc3c2N1O. The van der Waals surface area contributed by atoms with E-state index in [4.69, 9.17) is 0 Å². The monoisotopic (exact) mass is 254 g/mol. The van der Waals surface area contributed by atoms with Gasteiger partial charge < -0.3 is 0 Å². The molecule has 98 valence electrons. The van der Waals surface area contributed by atoms with Gasteiger partial charge in [-0.3, -0.25) is 10.2 Å². The summed E-state index contributed by atoms with van der Waals surface area (Å²) in [6, 6.07) is 7.96. The minimum atomic E-state index is 0.0308. The third-order valence-corrected chi connectivity index (χ3v) is 4.00. The van der Waals surface area contributed by atoms with E-state index >= 15 is 0 Å². The van der Waals surface area contributed by atoms with E-state index in [2.05, 4.69) is 31.0 Å². The van der Waals surface area contributed by atoms with Crippen LogP contribution in [0.1, 0.15) is 25.8 Å². The van der Waals surface area contributed by atoms with Gasteiger partial charge in [0.2, 0.25) is 0 Å². The van der Waals surface area contributed by atoms with E-state index in [1.165, 1.54) is 5.06 Å². The predicted molar refractivity (Wildman–Crippen MR) is 78.3 cm³/mol. The highest BCUT2D eigenvalue weighted by atomic mass is 16.5. The van der Waals surface area contributed by atoms with E-state index in [1.54, 1.807) is 6.20 Å². The molecule has 1 aromatic heterocycles. The van der Waals surface area contributed by atoms with Crippen molar-refractivity contribution in [1.82, 2.24) is 4.98 Å². The maximum absolute atomic E-state index is 10.6. The Balaban J connectivity index is 2.17. The molecule has 19 heavy (non-hydrogen) atoms. The fraction of sp³-hybridized carbons (Fsp3) is 0.312. The Hall–Kier alpha value is -1.87. The van der Waals surface area contributed by atoms with Gasteiger partial charge in [-0.1, -0.05) is 38.5 Å². The van der Waals surface area contributed by atoms with Gasteiger partial charge in [0.05, 0.1) is 17.2 Å². The molecule has 1 aliphatic heterocycles. The molecule has 3 rings (SSSR count). The fourth-order valence-corrected chi connectivity index (χ4v) is 2.65. The van der Waals surface area contributed by atoms with Crippen LogP contribution in [0, 0.1) is 5.92 Å². The van der Waals surface area contributed by atoms with Crippen molar-refractivity contribution in [3.63, 3.8) is 0 Å². The van der Waals surface area contributed by atoms with Crippen molar-refractivity contribution in [1.29, 1.82) is 0 Å². The van der Waals surface area contributed by atoms with E-state index < -0.39 is 0 Å². The molecule has 1 aromatic carbocycles. The lowest BCUT2D eigenvalue weighted by Crippen LogP contribution is -2.37. The summed E-state index contributed by atoms with van der Waals surface area (Å²) in [6.45, 7) is 4.30. The largest absolute Gasteiger partial charge is 0.288 e. The molecule has 0 amide bonds. The molecule has 1 N–H and O–H groups in total. The van der Waals surface area contributed by atoms with Crippen LogP contribution in [-0.4, -0.2) is 16.2 Å². The van der Waals surface area contributed by atoms with Crippen LogP contribution in [0.25, 0.3) is 17.0 Å². The zero-order valence-corrected chi connectivity index (χ0v) is 11.2. The van der Waals surface area contributed by atoms with Crippen LogP contribution >= 0.6 is 0 Å². The molecule has 0 spiro atoms. The average Bonchev–Trinajstić information content (AvgIpc) is 2.46. The molecule has 2 aromatic rings. The Morgan fingerprint density at radius 3 is 3.00 bits per heavy atom. The van der Waals surface area contributed by atoms with E-state index in [9.17, 15) is 5.21 Å². The number of hydrogen-bond acceptors (Lipinski definition) is 3. The number of anilines is 1. The second-order valence-electron chi connectivity index (χ2n) is 5.15. The molecule has 0 fully saturated rings. The maximum Gasteiger partial charge on any atom is 0.0807 e. The molecule has 0 radical (unpaired) electrons. The third kappa shape index (κ3) is 1.90. The molecule has 2 atom stereocenters. The molecule has 1 aliphatic rings. The third-order valence-electron chi connectivity index (χ3n) is 4.00. The molecule has 0 saturated carbocycles. The summed E-state index contributed by atoms with van der Waals surface area (Å²) < 4.78 is 0. The zero-order chi connectivity index (χ0) is 13.4. The number of hydrogen-bond donors (Lipinski definition) is 1. The van der Waals surface area contributed by atoms with Crippen LogP contribution in [0.2, 0.25) is 0 Å². The molecule has 2 heterocycles. The lowest BCUT2D eigenvalue weighted by molar-refractivity contribution is 0.205. The van der Waals surface area contributed by atoms with E-state index in [1.807, 2.05) is 24.3 Å². The van der Waals surface area contributed by atoms with Crippen molar-refractivity contribution in [2.24, 2.45) is 5.92 Å². The molecule has 2 unspecified atom stereocenters. The first-order valence-corrected chi connectivity index (χ1v) is 6.76. The smallest absolute Gasteiger partial charge is 0.0807 e. The molecular weight excluding hydrogens is 236 g/mol. The topological polar surface area (TPSA) is 36.4 Å². The molecule has 3 nitrogen and oxygen atoms in total. The van der Waals surface area contributed by atoms with Crippen LogP contribution in [-0.2, 0) is 0 Å². The lowest BCUT2D eigenvalue weighted by Gasteiger charge is -2.34. The summed E-state index contributed by atoms with van der Waals surface area (Å²) in [6.07, 6.45) is 7.00. The summed E-state index contributed by atoms with van der Waals surface area (Å²) >= 11 is 0. The van der Waals surface area contributed by atoms with Gasteiger partial charge in [0.1, 0.15) is 0 Å². The highest BCUT2D eigenvalue weighted by Gasteiger charge is 2.26. The van der Waals surface area contributed by atoms with Crippen LogP contribution in [0.3, 0.4) is 0 Å². The minimum absolute atomic E-state index is 0.0308. The van der Waals surface area contributed by atoms with Crippen LogP contribution in [0.4, 0.5) is 5.69 Å². The summed E-state index contributed by atoms with van der Waals surface area (Å²) in [4.78, 5) is 4.35. The van der Waals surface area contributed by atoms with E-state index in [0.717, 1.165) is 28.6 Å². The quantitative estimate of drug-likeness (QED) is 0.883. The normalized spacial score (nSPS) is 19.5. The standard InChI is InChI=1S/C16H18N2O/c1-3-11(2)15-9-7-12-6-8-14-13(5-4-10-17-14)16(12)18(15)19/h4-11,15,19H,3H2,1-2H3. The average molecular weight is 254 g/mol. The number of hydroxylamine groups is 1. The van der Waals surface area contributed by atoms with Crippen molar-refractivity contribution < 1.29 is 5.21 Å². The lowest BCUT2D eigenvalue weighted by atomic mass is 9.93. The van der Waals surface area contributed by atoms with Crippen molar-refractivity contribution in [3.05, 3.63) is 42.1 Å². The fourth-order valence-electron chi connectivity index (χ4n) is 2.65. The van der Waals surface area contributed by atoms with Gasteiger partial charge in [0.15, 0.2) is 0 Å². The number of fused-ring (bicyclic) bond motifs is 3. The Kier molecular flexibility index (Phi) is 2.99. The highest BCUT2D eigenvalue weighted by molar-refractivity contribution is 5.97. The summed E-state index contributed by atoms with van der Waals surface area (Å²) in [5, 5.41) is 13.0. The van der Waals surface area contributed by atoms with Crippen LogP contribution in [0.15, 0.2) is 36.5 Å². The molecule has 0 bridgehead atoms. The number of nitrogens with zero attached hydrogens (tertiary/aromatic N) is 2. The van der Waals surface area contributed by atoms with Gasteiger partial charge in [-0.15, -0.1) is 0 Å². The van der Waals surface area contributed by atoms with Gasteiger partial charge in [-0.25, -0.2) is 5.06 Å². The number of pyridine rings is 1. The van der Waals surface area contributed by atoms with Gasteiger partial charge in [0, 0.05) is 17.1 Å². The van der Waals surface area contributed by atoms with Crippen molar-refractivity contribution in [2.75, 3.05) is 5.06 Å². The first-order chi connectivity index (χ1) is 9.22. The summed E-state index contributed by atoms with van der Waals surface area (Å²) in [5.41, 5.74) is 2.83. The molecular formula is C16H18N2O. The molecule has 0 saturated heterocycles. The van der Waals surface area contributed by atoms with Crippen molar-refractivity contribution >= 4 is 22.7 Å². The number of aromatic nitrogens is 1. The molecule has 3 heteroatoms. The molecule has 0 aliphatic carbocycles. The first-order valence-electron chi connectivity index (χ1n) is 6.76. The van der Waals surface area contributed by atoms with Crippen molar-refractivity contribution in [2.45, 2.75) is 26.3 Å². The maximum atomic E-state index is 10.6. The van der Waals surface area contributed by atoms with Crippen LogP contribution in [0.5, 0.6) is 0 Å². The van der Waals surface area contributed by atoms with Gasteiger partial charge in [0.25, 0.3) is 0 Å². The summed E-state index contributed by atoms with van der Waals surface area (Å²) in [5.74, 6) is 0.404. The second-order valence-corrected chi connectivity index (χ2v) is 5.15. The Morgan fingerprint density at radius 1 is 1.37 bits per heavy atom. The van der Waals surface area contributed by atoms with Gasteiger partial charge in [-0.2, -0.15) is 0 Å². The minimum Gasteiger partial charge on any atom is -0.288 e. The summed E-state index contributed by atoms with van der Waals surface area (Å²) in [7, 11) is 0. The van der Waals surface area contributed by atoms with E-state index in [0.29, 0.717) is 5.92 Å². The second kappa shape index (κ2) is 4.67. The van der Waals surface area contributed by atoms with E-state index in [-0.39, 0.29) is 6.04 Å². The predicted octanol–water partition coefficient (Wildman–Crippen LogP) is 3.87. The zero-order valence-electron chi connectivity index (χ0n) is 11.2. The Bertz CT molecular complexity index is 636.